The van der Waals surface area contributed by atoms with E-state index in [2.05, 4.69) is 50.0 Å². The third-order valence-corrected chi connectivity index (χ3v) is 2.03. The van der Waals surface area contributed by atoms with E-state index in [1.54, 1.807) is 0 Å². The van der Waals surface area contributed by atoms with Crippen LogP contribution in [0.25, 0.3) is 10.9 Å². The van der Waals surface area contributed by atoms with Crippen molar-refractivity contribution in [3.8, 4) is 0 Å². The molecule has 0 aliphatic rings. The molecule has 0 saturated carbocycles. The first-order valence-electron chi connectivity index (χ1n) is 5.37. The maximum absolute atomic E-state index is 3.17. The van der Waals surface area contributed by atoms with Crippen molar-refractivity contribution in [2.45, 2.75) is 33.6 Å². The van der Waals surface area contributed by atoms with Crippen LogP contribution in [0.3, 0.4) is 0 Å². The molecule has 1 nitrogen and oxygen atoms in total. The molecule has 0 atom stereocenters. The SMILES string of the molecule is CCC.CCc1ccc2[nH]ccc2c1.[HH]. The highest BCUT2D eigenvalue weighted by atomic mass is 14.7. The lowest BCUT2D eigenvalue weighted by Gasteiger charge is -1.94. The molecule has 1 heteroatoms. The van der Waals surface area contributed by atoms with E-state index in [9.17, 15) is 0 Å². The minimum Gasteiger partial charge on any atom is -0.361 e. The Bertz CT molecular complexity index is 379. The van der Waals surface area contributed by atoms with E-state index in [4.69, 9.17) is 0 Å². The topological polar surface area (TPSA) is 15.8 Å². The number of H-pyrrole nitrogens is 1. The van der Waals surface area contributed by atoms with Crippen LogP contribution in [-0.2, 0) is 6.42 Å². The molecule has 0 saturated heterocycles. The van der Waals surface area contributed by atoms with Crippen molar-refractivity contribution in [2.75, 3.05) is 0 Å². The van der Waals surface area contributed by atoms with E-state index in [0.717, 1.165) is 6.42 Å². The van der Waals surface area contributed by atoms with E-state index in [1.807, 2.05) is 6.20 Å². The van der Waals surface area contributed by atoms with E-state index in [-0.39, 0.29) is 1.43 Å². The lowest BCUT2D eigenvalue weighted by atomic mass is 10.1. The number of hydrogen-bond donors (Lipinski definition) is 1. The molecule has 0 amide bonds. The summed E-state index contributed by atoms with van der Waals surface area (Å²) < 4.78 is 0. The maximum Gasteiger partial charge on any atom is 0.0454 e. The highest BCUT2D eigenvalue weighted by Gasteiger charge is 1.93. The van der Waals surface area contributed by atoms with Gasteiger partial charge in [0.25, 0.3) is 0 Å². The van der Waals surface area contributed by atoms with E-state index >= 15 is 0 Å². The molecule has 1 aromatic carbocycles. The molecule has 0 aliphatic carbocycles. The van der Waals surface area contributed by atoms with Gasteiger partial charge in [0.05, 0.1) is 0 Å². The second kappa shape index (κ2) is 5.48. The number of aromatic nitrogens is 1. The van der Waals surface area contributed by atoms with Gasteiger partial charge in [-0.15, -0.1) is 0 Å². The number of nitrogens with one attached hydrogen (secondary N) is 1. The van der Waals surface area contributed by atoms with Crippen LogP contribution in [0.5, 0.6) is 0 Å². The molecule has 1 heterocycles. The zero-order valence-electron chi connectivity index (χ0n) is 9.30. The summed E-state index contributed by atoms with van der Waals surface area (Å²) in [6.07, 6.45) is 4.34. The van der Waals surface area contributed by atoms with Gasteiger partial charge < -0.3 is 4.98 Å². The zero-order chi connectivity index (χ0) is 10.4. The van der Waals surface area contributed by atoms with Crippen LogP contribution < -0.4 is 0 Å². The summed E-state index contributed by atoms with van der Waals surface area (Å²) in [7, 11) is 0. The molecule has 1 N–H and O–H groups in total. The Morgan fingerprint density at radius 2 is 1.86 bits per heavy atom. The van der Waals surface area contributed by atoms with E-state index < -0.39 is 0 Å². The molecule has 0 unspecified atom stereocenters. The lowest BCUT2D eigenvalue weighted by molar-refractivity contribution is 1.09. The minimum absolute atomic E-state index is 0. The number of aromatic amines is 1. The molecule has 2 aromatic rings. The molecule has 1 aromatic heterocycles. The highest BCUT2D eigenvalue weighted by molar-refractivity contribution is 5.79. The van der Waals surface area contributed by atoms with Crippen LogP contribution in [0.1, 0.15) is 34.2 Å². The molecule has 14 heavy (non-hydrogen) atoms. The van der Waals surface area contributed by atoms with Crippen LogP contribution in [0, 0.1) is 0 Å². The third kappa shape index (κ3) is 2.63. The number of fused-ring (bicyclic) bond motifs is 1. The van der Waals surface area contributed by atoms with Gasteiger partial charge in [0, 0.05) is 13.1 Å². The first-order chi connectivity index (χ1) is 6.81. The first-order valence-corrected chi connectivity index (χ1v) is 5.37. The fourth-order valence-corrected chi connectivity index (χ4v) is 1.32. The van der Waals surface area contributed by atoms with Crippen LogP contribution in [0.2, 0.25) is 0 Å². The van der Waals surface area contributed by atoms with Crippen molar-refractivity contribution in [3.05, 3.63) is 36.0 Å². The van der Waals surface area contributed by atoms with Crippen molar-refractivity contribution in [3.63, 3.8) is 0 Å². The fourth-order valence-electron chi connectivity index (χ4n) is 1.32. The molecular weight excluding hydrogens is 170 g/mol. The summed E-state index contributed by atoms with van der Waals surface area (Å²) in [6.45, 7) is 6.42. The Balaban J connectivity index is 0.000000443. The van der Waals surface area contributed by atoms with E-state index in [1.165, 1.54) is 22.9 Å². The monoisotopic (exact) mass is 191 g/mol. The van der Waals surface area contributed by atoms with Gasteiger partial charge in [-0.3, -0.25) is 0 Å². The number of aryl methyl sites for hydroxylation is 1. The first kappa shape index (κ1) is 10.8. The molecular formula is C13H21N. The average Bonchev–Trinajstić information content (AvgIpc) is 2.65. The molecule has 2 rings (SSSR count). The fraction of sp³-hybridized carbons (Fsp3) is 0.385. The predicted octanol–water partition coefficient (Wildman–Crippen LogP) is 4.39. The quantitative estimate of drug-likeness (QED) is 0.688. The second-order valence-corrected chi connectivity index (χ2v) is 3.46. The molecule has 0 bridgehead atoms. The van der Waals surface area contributed by atoms with Gasteiger partial charge in [-0.2, -0.15) is 0 Å². The molecule has 0 fully saturated rings. The Kier molecular flexibility index (Phi) is 4.24. The van der Waals surface area contributed by atoms with Gasteiger partial charge in [0.15, 0.2) is 0 Å². The second-order valence-electron chi connectivity index (χ2n) is 3.46. The Morgan fingerprint density at radius 1 is 1.14 bits per heavy atom. The van der Waals surface area contributed by atoms with Gasteiger partial charge >= 0.3 is 0 Å². The Labute approximate surface area is 87.6 Å². The number of rotatable bonds is 1. The van der Waals surface area contributed by atoms with Crippen molar-refractivity contribution in [1.29, 1.82) is 0 Å². The minimum atomic E-state index is 0. The van der Waals surface area contributed by atoms with Crippen LogP contribution in [-0.4, -0.2) is 4.98 Å². The summed E-state index contributed by atoms with van der Waals surface area (Å²) in [6, 6.07) is 8.63. The normalized spacial score (nSPS) is 9.64. The molecule has 0 radical (unpaired) electrons. The smallest absolute Gasteiger partial charge is 0.0454 e. The zero-order valence-corrected chi connectivity index (χ0v) is 9.30. The summed E-state index contributed by atoms with van der Waals surface area (Å²) >= 11 is 0. The number of benzene rings is 1. The molecule has 78 valence electrons. The summed E-state index contributed by atoms with van der Waals surface area (Å²) in [5, 5.41) is 1.31. The van der Waals surface area contributed by atoms with Gasteiger partial charge in [0.2, 0.25) is 0 Å². The Hall–Kier alpha value is -1.24. The largest absolute Gasteiger partial charge is 0.361 e. The molecule has 0 spiro atoms. The van der Waals surface area contributed by atoms with Crippen LogP contribution in [0.4, 0.5) is 0 Å². The lowest BCUT2D eigenvalue weighted by Crippen LogP contribution is -1.77. The standard InChI is InChI=1S/C10H11N.C3H8.H2/c1-2-8-3-4-10-9(7-8)5-6-11-10;1-3-2;/h3-7,11H,2H2,1H3;3H2,1-2H3;1H. The predicted molar refractivity (Wildman–Crippen MR) is 65.8 cm³/mol. The van der Waals surface area contributed by atoms with Crippen molar-refractivity contribution in [1.82, 2.24) is 4.98 Å². The molecule has 0 aliphatic heterocycles. The van der Waals surface area contributed by atoms with Crippen molar-refractivity contribution < 1.29 is 1.43 Å². The number of hydrogen-bond acceptors (Lipinski definition) is 0. The van der Waals surface area contributed by atoms with E-state index in [0.29, 0.717) is 0 Å². The average molecular weight is 191 g/mol. The van der Waals surface area contributed by atoms with Crippen LogP contribution in [0.15, 0.2) is 30.5 Å². The van der Waals surface area contributed by atoms with Crippen molar-refractivity contribution in [2.24, 2.45) is 0 Å². The third-order valence-electron chi connectivity index (χ3n) is 2.03. The van der Waals surface area contributed by atoms with Gasteiger partial charge in [0.1, 0.15) is 0 Å². The van der Waals surface area contributed by atoms with Crippen molar-refractivity contribution >= 4 is 10.9 Å². The summed E-state index contributed by atoms with van der Waals surface area (Å²) in [4.78, 5) is 3.17. The van der Waals surface area contributed by atoms with Gasteiger partial charge in [-0.25, -0.2) is 0 Å². The highest BCUT2D eigenvalue weighted by Crippen LogP contribution is 2.14. The maximum atomic E-state index is 3.17. The Morgan fingerprint density at radius 3 is 2.50 bits per heavy atom. The summed E-state index contributed by atoms with van der Waals surface area (Å²) in [5.41, 5.74) is 2.62. The van der Waals surface area contributed by atoms with Gasteiger partial charge in [-0.05, 0) is 35.6 Å². The van der Waals surface area contributed by atoms with Crippen LogP contribution >= 0.6 is 0 Å². The summed E-state index contributed by atoms with van der Waals surface area (Å²) in [5.74, 6) is 0. The van der Waals surface area contributed by atoms with Gasteiger partial charge in [-0.1, -0.05) is 33.3 Å².